The number of nitrogens with zero attached hydrogens (tertiary/aromatic N) is 4. The molecule has 0 fully saturated rings. The molecule has 0 aliphatic carbocycles. The van der Waals surface area contributed by atoms with Crippen molar-refractivity contribution >= 4 is 16.8 Å². The van der Waals surface area contributed by atoms with Gasteiger partial charge in [-0.05, 0) is 48.7 Å². The number of carbonyl (C=O) groups is 1. The number of nitrogens with one attached hydrogen (secondary N) is 1. The van der Waals surface area contributed by atoms with Crippen LogP contribution in [0, 0.1) is 0 Å². The highest BCUT2D eigenvalue weighted by atomic mass is 16.1. The van der Waals surface area contributed by atoms with E-state index < -0.39 is 0 Å². The van der Waals surface area contributed by atoms with Crippen molar-refractivity contribution < 1.29 is 4.79 Å². The third-order valence-electron chi connectivity index (χ3n) is 4.37. The Morgan fingerprint density at radius 2 is 1.77 bits per heavy atom. The molecule has 1 amide bonds. The van der Waals surface area contributed by atoms with Gasteiger partial charge in [0.25, 0.3) is 5.91 Å². The zero-order valence-electron chi connectivity index (χ0n) is 14.4. The third-order valence-corrected chi connectivity index (χ3v) is 4.37. The van der Waals surface area contributed by atoms with Crippen LogP contribution in [0.2, 0.25) is 0 Å². The summed E-state index contributed by atoms with van der Waals surface area (Å²) in [6.45, 7) is 2.73. The average molecular weight is 345 g/mol. The van der Waals surface area contributed by atoms with Crippen LogP contribution in [0.4, 0.5) is 0 Å². The number of rotatable bonds is 5. The maximum Gasteiger partial charge on any atom is 0.251 e. The molecule has 0 aliphatic rings. The van der Waals surface area contributed by atoms with Crippen LogP contribution < -0.4 is 5.32 Å². The van der Waals surface area contributed by atoms with Gasteiger partial charge in [0.2, 0.25) is 0 Å². The summed E-state index contributed by atoms with van der Waals surface area (Å²) in [6, 6.07) is 17.7. The summed E-state index contributed by atoms with van der Waals surface area (Å²) >= 11 is 0. The van der Waals surface area contributed by atoms with E-state index in [1.807, 2.05) is 43.3 Å². The number of para-hydroxylation sites is 1. The van der Waals surface area contributed by atoms with E-state index >= 15 is 0 Å². The molecule has 2 aromatic carbocycles. The van der Waals surface area contributed by atoms with Gasteiger partial charge in [0.05, 0.1) is 0 Å². The van der Waals surface area contributed by atoms with E-state index in [9.17, 15) is 4.79 Å². The van der Waals surface area contributed by atoms with Crippen molar-refractivity contribution in [3.05, 3.63) is 79.0 Å². The summed E-state index contributed by atoms with van der Waals surface area (Å²) in [6.07, 6.45) is 5.30. The molecule has 2 heterocycles. The van der Waals surface area contributed by atoms with Gasteiger partial charge < -0.3 is 9.88 Å². The Kier molecular flexibility index (Phi) is 4.23. The van der Waals surface area contributed by atoms with Gasteiger partial charge in [0.15, 0.2) is 0 Å². The van der Waals surface area contributed by atoms with Gasteiger partial charge in [-0.1, -0.05) is 18.2 Å². The SMILES string of the molecule is C[C@H](Cn1ccc2ccccc21)NC(=O)c1ccc(-n2cnnc2)cc1. The molecule has 0 saturated carbocycles. The van der Waals surface area contributed by atoms with Crippen molar-refractivity contribution in [3.63, 3.8) is 0 Å². The minimum absolute atomic E-state index is 0.0100. The molecule has 6 heteroatoms. The van der Waals surface area contributed by atoms with Crippen molar-refractivity contribution in [2.24, 2.45) is 0 Å². The van der Waals surface area contributed by atoms with Crippen molar-refractivity contribution in [3.8, 4) is 5.69 Å². The number of aromatic nitrogens is 4. The topological polar surface area (TPSA) is 64.7 Å². The minimum atomic E-state index is -0.0794. The Bertz CT molecular complexity index is 1020. The summed E-state index contributed by atoms with van der Waals surface area (Å²) in [5.41, 5.74) is 2.72. The summed E-state index contributed by atoms with van der Waals surface area (Å²) in [7, 11) is 0. The van der Waals surface area contributed by atoms with Gasteiger partial charge in [-0.3, -0.25) is 9.36 Å². The van der Waals surface area contributed by atoms with Crippen molar-refractivity contribution in [2.75, 3.05) is 0 Å². The Morgan fingerprint density at radius 1 is 1.04 bits per heavy atom. The molecule has 26 heavy (non-hydrogen) atoms. The molecule has 0 aliphatic heterocycles. The lowest BCUT2D eigenvalue weighted by atomic mass is 10.2. The maximum atomic E-state index is 12.5. The van der Waals surface area contributed by atoms with E-state index in [4.69, 9.17) is 0 Å². The van der Waals surface area contributed by atoms with Gasteiger partial charge in [-0.15, -0.1) is 10.2 Å². The van der Waals surface area contributed by atoms with Crippen molar-refractivity contribution in [2.45, 2.75) is 19.5 Å². The molecule has 0 spiro atoms. The first-order chi connectivity index (χ1) is 12.7. The van der Waals surface area contributed by atoms with Crippen LogP contribution in [0.25, 0.3) is 16.6 Å². The van der Waals surface area contributed by atoms with E-state index in [0.717, 1.165) is 12.2 Å². The highest BCUT2D eigenvalue weighted by Crippen LogP contribution is 2.15. The number of benzene rings is 2. The molecule has 1 atom stereocenters. The molecule has 0 unspecified atom stereocenters. The highest BCUT2D eigenvalue weighted by molar-refractivity contribution is 5.94. The average Bonchev–Trinajstić information content (AvgIpc) is 3.32. The van der Waals surface area contributed by atoms with Gasteiger partial charge in [0, 0.05) is 35.6 Å². The summed E-state index contributed by atoms with van der Waals surface area (Å²) < 4.78 is 3.96. The molecular weight excluding hydrogens is 326 g/mol. The first-order valence-electron chi connectivity index (χ1n) is 8.50. The summed E-state index contributed by atoms with van der Waals surface area (Å²) in [5, 5.41) is 11.8. The van der Waals surface area contributed by atoms with Crippen LogP contribution in [-0.2, 0) is 6.54 Å². The Labute approximate surface area is 151 Å². The number of hydrogen-bond donors (Lipinski definition) is 1. The second-order valence-corrected chi connectivity index (χ2v) is 6.32. The third kappa shape index (κ3) is 3.21. The molecule has 4 aromatic rings. The fourth-order valence-electron chi connectivity index (χ4n) is 3.07. The normalized spacial score (nSPS) is 12.2. The Hall–Kier alpha value is -3.41. The van der Waals surface area contributed by atoms with E-state index in [1.54, 1.807) is 17.2 Å². The van der Waals surface area contributed by atoms with Crippen LogP contribution in [0.1, 0.15) is 17.3 Å². The monoisotopic (exact) mass is 345 g/mol. The predicted molar refractivity (Wildman–Crippen MR) is 100 cm³/mol. The summed E-state index contributed by atoms with van der Waals surface area (Å²) in [4.78, 5) is 12.5. The predicted octanol–water partition coefficient (Wildman–Crippen LogP) is 3.04. The van der Waals surface area contributed by atoms with Crippen LogP contribution in [0.15, 0.2) is 73.4 Å². The van der Waals surface area contributed by atoms with E-state index in [1.165, 1.54) is 10.9 Å². The molecule has 2 aromatic heterocycles. The molecular formula is C20H19N5O. The fourth-order valence-corrected chi connectivity index (χ4v) is 3.07. The molecule has 0 bridgehead atoms. The van der Waals surface area contributed by atoms with Gasteiger partial charge in [0.1, 0.15) is 12.7 Å². The largest absolute Gasteiger partial charge is 0.348 e. The molecule has 1 N–H and O–H groups in total. The lowest BCUT2D eigenvalue weighted by Gasteiger charge is -2.16. The zero-order chi connectivity index (χ0) is 17.9. The van der Waals surface area contributed by atoms with E-state index in [2.05, 4.69) is 44.5 Å². The quantitative estimate of drug-likeness (QED) is 0.605. The summed E-state index contributed by atoms with van der Waals surface area (Å²) in [5.74, 6) is -0.0794. The molecule has 130 valence electrons. The van der Waals surface area contributed by atoms with E-state index in [-0.39, 0.29) is 11.9 Å². The number of fused-ring (bicyclic) bond motifs is 1. The first-order valence-corrected chi connectivity index (χ1v) is 8.50. The standard InChI is InChI=1S/C20H19N5O/c1-15(12-24-11-10-16-4-2-3-5-19(16)24)23-20(26)17-6-8-18(9-7-17)25-13-21-22-14-25/h2-11,13-15H,12H2,1H3,(H,23,26)/t15-/m1/s1. The van der Waals surface area contributed by atoms with Crippen molar-refractivity contribution in [1.82, 2.24) is 24.6 Å². The second-order valence-electron chi connectivity index (χ2n) is 6.32. The van der Waals surface area contributed by atoms with Gasteiger partial charge in [-0.25, -0.2) is 0 Å². The molecule has 0 saturated heterocycles. The zero-order valence-corrected chi connectivity index (χ0v) is 14.4. The molecule has 0 radical (unpaired) electrons. The van der Waals surface area contributed by atoms with Gasteiger partial charge in [-0.2, -0.15) is 0 Å². The van der Waals surface area contributed by atoms with Gasteiger partial charge >= 0.3 is 0 Å². The number of carbonyl (C=O) groups excluding carboxylic acids is 1. The number of hydrogen-bond acceptors (Lipinski definition) is 3. The fraction of sp³-hybridized carbons (Fsp3) is 0.150. The maximum absolute atomic E-state index is 12.5. The van der Waals surface area contributed by atoms with Crippen molar-refractivity contribution in [1.29, 1.82) is 0 Å². The Morgan fingerprint density at radius 3 is 2.54 bits per heavy atom. The van der Waals surface area contributed by atoms with Crippen LogP contribution in [-0.4, -0.2) is 31.3 Å². The molecule has 4 rings (SSSR count). The lowest BCUT2D eigenvalue weighted by molar-refractivity contribution is 0.0937. The molecule has 6 nitrogen and oxygen atoms in total. The highest BCUT2D eigenvalue weighted by Gasteiger charge is 2.11. The second kappa shape index (κ2) is 6.84. The van der Waals surface area contributed by atoms with E-state index in [0.29, 0.717) is 5.56 Å². The smallest absolute Gasteiger partial charge is 0.251 e. The van der Waals surface area contributed by atoms with Crippen LogP contribution in [0.3, 0.4) is 0 Å². The minimum Gasteiger partial charge on any atom is -0.348 e. The van der Waals surface area contributed by atoms with Crippen LogP contribution in [0.5, 0.6) is 0 Å². The first kappa shape index (κ1) is 16.1. The van der Waals surface area contributed by atoms with Crippen LogP contribution >= 0.6 is 0 Å². The lowest BCUT2D eigenvalue weighted by Crippen LogP contribution is -2.35. The number of amides is 1. The Balaban J connectivity index is 1.42.